The molecule has 1 atom stereocenters. The summed E-state index contributed by atoms with van der Waals surface area (Å²) in [4.78, 5) is 19.4. The van der Waals surface area contributed by atoms with Crippen LogP contribution in [0.2, 0.25) is 0 Å². The number of rotatable bonds is 5. The fourth-order valence-corrected chi connectivity index (χ4v) is 5.15. The summed E-state index contributed by atoms with van der Waals surface area (Å²) in [5.74, 6) is 1.59. The Hall–Kier alpha value is -3.91. The molecule has 8 heteroatoms. The van der Waals surface area contributed by atoms with Gasteiger partial charge in [-0.2, -0.15) is 4.98 Å². The fraction of sp³-hybridized carbons (Fsp3) is 0.250. The molecule has 184 valence electrons. The maximum absolute atomic E-state index is 13.6. The lowest BCUT2D eigenvalue weighted by atomic mass is 9.87. The molecule has 36 heavy (non-hydrogen) atoms. The van der Waals surface area contributed by atoms with Crippen LogP contribution in [0.5, 0.6) is 5.75 Å². The maximum atomic E-state index is 13.6. The van der Waals surface area contributed by atoms with Gasteiger partial charge in [0.25, 0.3) is 5.91 Å². The molecule has 0 bridgehead atoms. The third-order valence-electron chi connectivity index (χ3n) is 6.27. The lowest BCUT2D eigenvalue weighted by Crippen LogP contribution is -2.31. The number of fused-ring (bicyclic) bond motifs is 1. The second-order valence-corrected chi connectivity index (χ2v) is 10.7. The lowest BCUT2D eigenvalue weighted by Gasteiger charge is -2.27. The van der Waals surface area contributed by atoms with Crippen LogP contribution in [0.25, 0.3) is 11.4 Å². The van der Waals surface area contributed by atoms with E-state index < -0.39 is 6.04 Å². The molecule has 0 fully saturated rings. The van der Waals surface area contributed by atoms with Crippen LogP contribution in [0.4, 0.5) is 11.6 Å². The molecule has 0 aliphatic carbocycles. The minimum absolute atomic E-state index is 0.0654. The first-order valence-electron chi connectivity index (χ1n) is 11.8. The predicted molar refractivity (Wildman–Crippen MR) is 145 cm³/mol. The van der Waals surface area contributed by atoms with Gasteiger partial charge >= 0.3 is 0 Å². The van der Waals surface area contributed by atoms with E-state index in [0.29, 0.717) is 28.8 Å². The van der Waals surface area contributed by atoms with Gasteiger partial charge in [-0.3, -0.25) is 4.79 Å². The summed E-state index contributed by atoms with van der Waals surface area (Å²) in [6.07, 6.45) is 0. The number of hydrogen-bond donors (Lipinski definition) is 2. The monoisotopic (exact) mass is 499 g/mol. The van der Waals surface area contributed by atoms with Crippen LogP contribution in [0.1, 0.15) is 44.2 Å². The third kappa shape index (κ3) is 4.40. The molecule has 7 nitrogen and oxygen atoms in total. The van der Waals surface area contributed by atoms with E-state index in [-0.39, 0.29) is 11.3 Å². The quantitative estimate of drug-likeness (QED) is 0.340. The molecule has 0 saturated carbocycles. The standard InChI is InChI=1S/C28H29N5O2S/c1-17-23(26(34)30-20-9-6-7-10-21(20)35-5)24(22-11-8-16-36-22)33-27(29-17)31-25(32-33)18-12-14-19(15-13-18)28(2,3)4/h6-16,24H,1-5H3,(H,30,34)(H,29,31,32). The molecule has 1 unspecified atom stereocenters. The Morgan fingerprint density at radius 2 is 1.83 bits per heavy atom. The first-order valence-corrected chi connectivity index (χ1v) is 12.7. The van der Waals surface area contributed by atoms with E-state index in [1.54, 1.807) is 18.4 Å². The zero-order valence-electron chi connectivity index (χ0n) is 21.0. The van der Waals surface area contributed by atoms with Crippen molar-refractivity contribution in [2.45, 2.75) is 39.2 Å². The van der Waals surface area contributed by atoms with Gasteiger partial charge in [-0.1, -0.05) is 63.2 Å². The summed E-state index contributed by atoms with van der Waals surface area (Å²) in [6.45, 7) is 8.47. The minimum Gasteiger partial charge on any atom is -0.495 e. The van der Waals surface area contributed by atoms with E-state index in [1.807, 2.05) is 53.4 Å². The van der Waals surface area contributed by atoms with Gasteiger partial charge in [0.1, 0.15) is 11.8 Å². The number of carbonyl (C=O) groups excluding carboxylic acids is 1. The van der Waals surface area contributed by atoms with E-state index in [2.05, 4.69) is 55.7 Å². The van der Waals surface area contributed by atoms with Gasteiger partial charge in [-0.25, -0.2) is 4.68 Å². The first-order chi connectivity index (χ1) is 17.3. The number of nitrogens with zero attached hydrogens (tertiary/aromatic N) is 3. The number of amides is 1. The number of allylic oxidation sites excluding steroid dienone is 1. The predicted octanol–water partition coefficient (Wildman–Crippen LogP) is 6.24. The van der Waals surface area contributed by atoms with Crippen LogP contribution in [0.15, 0.2) is 77.3 Å². The molecule has 2 N–H and O–H groups in total. The number of para-hydroxylation sites is 2. The summed E-state index contributed by atoms with van der Waals surface area (Å²) >= 11 is 1.58. The molecular formula is C28H29N5O2S. The van der Waals surface area contributed by atoms with Crippen molar-refractivity contribution in [2.24, 2.45) is 0 Å². The average Bonchev–Trinajstić information content (AvgIpc) is 3.53. The first kappa shape index (κ1) is 23.8. The zero-order chi connectivity index (χ0) is 25.4. The molecule has 1 amide bonds. The molecule has 3 heterocycles. The third-order valence-corrected chi connectivity index (χ3v) is 7.20. The molecular weight excluding hydrogens is 470 g/mol. The molecule has 2 aromatic carbocycles. The molecule has 1 aliphatic rings. The van der Waals surface area contributed by atoms with E-state index in [1.165, 1.54) is 5.56 Å². The maximum Gasteiger partial charge on any atom is 0.256 e. The van der Waals surface area contributed by atoms with Gasteiger partial charge in [0.15, 0.2) is 5.82 Å². The number of thiophene rings is 1. The van der Waals surface area contributed by atoms with Crippen molar-refractivity contribution in [3.05, 3.63) is 87.8 Å². The summed E-state index contributed by atoms with van der Waals surface area (Å²) in [6, 6.07) is 19.3. The highest BCUT2D eigenvalue weighted by Gasteiger charge is 2.35. The lowest BCUT2D eigenvalue weighted by molar-refractivity contribution is -0.113. The van der Waals surface area contributed by atoms with Gasteiger partial charge in [0.05, 0.1) is 18.4 Å². The van der Waals surface area contributed by atoms with E-state index in [9.17, 15) is 4.79 Å². The van der Waals surface area contributed by atoms with Crippen molar-refractivity contribution >= 4 is 28.9 Å². The van der Waals surface area contributed by atoms with Gasteiger partial charge in [0.2, 0.25) is 5.95 Å². The van der Waals surface area contributed by atoms with Crippen molar-refractivity contribution < 1.29 is 9.53 Å². The Morgan fingerprint density at radius 3 is 2.50 bits per heavy atom. The smallest absolute Gasteiger partial charge is 0.256 e. The van der Waals surface area contributed by atoms with Crippen LogP contribution in [-0.2, 0) is 10.2 Å². The highest BCUT2D eigenvalue weighted by Crippen LogP contribution is 2.39. The summed E-state index contributed by atoms with van der Waals surface area (Å²) in [7, 11) is 1.59. The van der Waals surface area contributed by atoms with Crippen molar-refractivity contribution in [3.63, 3.8) is 0 Å². The Kier molecular flexibility index (Phi) is 6.14. The number of nitrogens with one attached hydrogen (secondary N) is 2. The number of hydrogen-bond acceptors (Lipinski definition) is 6. The number of ether oxygens (including phenoxy) is 1. The number of anilines is 2. The average molecular weight is 500 g/mol. The summed E-state index contributed by atoms with van der Waals surface area (Å²) < 4.78 is 7.23. The molecule has 0 radical (unpaired) electrons. The van der Waals surface area contributed by atoms with Crippen molar-refractivity contribution in [1.82, 2.24) is 14.8 Å². The fourth-order valence-electron chi connectivity index (χ4n) is 4.33. The Morgan fingerprint density at radius 1 is 1.08 bits per heavy atom. The van der Waals surface area contributed by atoms with Crippen molar-refractivity contribution in [1.29, 1.82) is 0 Å². The summed E-state index contributed by atoms with van der Waals surface area (Å²) in [5.41, 5.74) is 4.16. The van der Waals surface area contributed by atoms with Crippen LogP contribution >= 0.6 is 11.3 Å². The number of methoxy groups -OCH3 is 1. The Bertz CT molecular complexity index is 1430. The minimum atomic E-state index is -0.411. The second-order valence-electron chi connectivity index (χ2n) is 9.77. The van der Waals surface area contributed by atoms with Gasteiger partial charge < -0.3 is 15.4 Å². The Balaban J connectivity index is 1.53. The molecule has 4 aromatic rings. The molecule has 5 rings (SSSR count). The SMILES string of the molecule is COc1ccccc1NC(=O)C1=C(C)Nc2nc(-c3ccc(C(C)(C)C)cc3)nn2C1c1cccs1. The Labute approximate surface area is 214 Å². The number of benzene rings is 2. The van der Waals surface area contributed by atoms with Crippen LogP contribution in [0, 0.1) is 0 Å². The van der Waals surface area contributed by atoms with E-state index >= 15 is 0 Å². The largest absolute Gasteiger partial charge is 0.495 e. The van der Waals surface area contributed by atoms with Crippen molar-refractivity contribution in [3.8, 4) is 17.1 Å². The molecule has 1 aliphatic heterocycles. The van der Waals surface area contributed by atoms with Gasteiger partial charge in [0, 0.05) is 16.1 Å². The number of carbonyl (C=O) groups is 1. The number of aromatic nitrogens is 3. The highest BCUT2D eigenvalue weighted by atomic mass is 32.1. The van der Waals surface area contributed by atoms with E-state index in [0.717, 1.165) is 16.1 Å². The highest BCUT2D eigenvalue weighted by molar-refractivity contribution is 7.10. The summed E-state index contributed by atoms with van der Waals surface area (Å²) in [5, 5.41) is 13.2. The van der Waals surface area contributed by atoms with Crippen LogP contribution < -0.4 is 15.4 Å². The normalized spacial score (nSPS) is 15.3. The zero-order valence-corrected chi connectivity index (χ0v) is 21.8. The topological polar surface area (TPSA) is 81.1 Å². The van der Waals surface area contributed by atoms with Crippen molar-refractivity contribution in [2.75, 3.05) is 17.7 Å². The van der Waals surface area contributed by atoms with E-state index in [4.69, 9.17) is 14.8 Å². The second kappa shape index (κ2) is 9.28. The molecule has 2 aromatic heterocycles. The van der Waals surface area contributed by atoms with Gasteiger partial charge in [-0.15, -0.1) is 16.4 Å². The molecule has 0 spiro atoms. The molecule has 0 saturated heterocycles. The van der Waals surface area contributed by atoms with Crippen LogP contribution in [-0.4, -0.2) is 27.8 Å². The van der Waals surface area contributed by atoms with Gasteiger partial charge in [-0.05, 0) is 41.5 Å². The van der Waals surface area contributed by atoms with Crippen LogP contribution in [0.3, 0.4) is 0 Å².